The van der Waals surface area contributed by atoms with Crippen LogP contribution < -0.4 is 31.6 Å². The number of aromatic nitrogens is 2. The number of nitrogens with zero attached hydrogens (tertiary/aromatic N) is 2. The summed E-state index contributed by atoms with van der Waals surface area (Å²) >= 11 is 6.02. The molecule has 7 N–H and O–H groups in total. The third-order valence-corrected chi connectivity index (χ3v) is 7.30. The Morgan fingerprint density at radius 1 is 0.956 bits per heavy atom. The quantitative estimate of drug-likeness (QED) is 0.0672. The zero-order chi connectivity index (χ0) is 31.9. The van der Waals surface area contributed by atoms with Crippen LogP contribution in [0.15, 0.2) is 91.0 Å². The van der Waals surface area contributed by atoms with E-state index in [1.807, 2.05) is 24.3 Å². The zero-order valence-corrected chi connectivity index (χ0v) is 25.2. The minimum atomic E-state index is -0.779. The first-order valence-electron chi connectivity index (χ1n) is 14.1. The highest BCUT2D eigenvalue weighted by Gasteiger charge is 2.25. The summed E-state index contributed by atoms with van der Waals surface area (Å²) in [5.74, 6) is 1.28. The molecule has 1 aromatic heterocycles. The van der Waals surface area contributed by atoms with Crippen molar-refractivity contribution in [1.29, 1.82) is 5.41 Å². The van der Waals surface area contributed by atoms with E-state index in [9.17, 15) is 9.59 Å². The summed E-state index contributed by atoms with van der Waals surface area (Å²) in [6.07, 6.45) is 0.864. The van der Waals surface area contributed by atoms with Gasteiger partial charge in [-0.05, 0) is 91.7 Å². The van der Waals surface area contributed by atoms with E-state index in [0.717, 1.165) is 0 Å². The van der Waals surface area contributed by atoms with Crippen molar-refractivity contribution in [2.75, 3.05) is 19.0 Å². The number of benzene rings is 4. The number of hydrogen-bond donors (Lipinski definition) is 5. The summed E-state index contributed by atoms with van der Waals surface area (Å²) in [5.41, 5.74) is 14.2. The average Bonchev–Trinajstić information content (AvgIpc) is 3.41. The summed E-state index contributed by atoms with van der Waals surface area (Å²) in [7, 11) is 1.57. The second-order valence-electron chi connectivity index (χ2n) is 10.2. The van der Waals surface area contributed by atoms with Crippen molar-refractivity contribution in [3.63, 3.8) is 0 Å². The van der Waals surface area contributed by atoms with Crippen LogP contribution >= 0.6 is 11.6 Å². The van der Waals surface area contributed by atoms with E-state index in [1.54, 1.807) is 78.4 Å². The van der Waals surface area contributed by atoms with Crippen LogP contribution in [0, 0.1) is 5.41 Å². The molecule has 0 saturated heterocycles. The van der Waals surface area contributed by atoms with Crippen LogP contribution in [-0.2, 0) is 4.79 Å². The number of carbonyl (C=O) groups excluding carboxylic acids is 2. The number of fused-ring (bicyclic) bond motifs is 1. The van der Waals surface area contributed by atoms with Crippen LogP contribution in [0.25, 0.3) is 22.4 Å². The average molecular weight is 626 g/mol. The van der Waals surface area contributed by atoms with Crippen LogP contribution in [0.1, 0.15) is 29.2 Å². The van der Waals surface area contributed by atoms with Crippen LogP contribution in [0.4, 0.5) is 5.69 Å². The van der Waals surface area contributed by atoms with Crippen LogP contribution in [0.2, 0.25) is 5.02 Å². The van der Waals surface area contributed by atoms with Gasteiger partial charge < -0.3 is 36.1 Å². The van der Waals surface area contributed by atoms with Crippen LogP contribution in [-0.4, -0.2) is 41.0 Å². The topological polar surface area (TPSA) is 170 Å². The number of halogens is 1. The molecule has 0 radical (unpaired) electrons. The molecule has 0 fully saturated rings. The van der Waals surface area contributed by atoms with E-state index in [-0.39, 0.29) is 11.9 Å². The van der Waals surface area contributed by atoms with Crippen molar-refractivity contribution >= 4 is 46.1 Å². The fourth-order valence-electron chi connectivity index (χ4n) is 4.89. The minimum Gasteiger partial charge on any atom is -0.497 e. The Balaban J connectivity index is 1.53. The first kappa shape index (κ1) is 30.9. The van der Waals surface area contributed by atoms with Gasteiger partial charge in [-0.25, -0.2) is 4.98 Å². The summed E-state index contributed by atoms with van der Waals surface area (Å²) in [6, 6.07) is 25.7. The summed E-state index contributed by atoms with van der Waals surface area (Å²) in [5, 5.41) is 13.7. The molecule has 11 nitrogen and oxygen atoms in total. The fraction of sp³-hybridized carbons (Fsp3) is 0.152. The van der Waals surface area contributed by atoms with Crippen molar-refractivity contribution < 1.29 is 19.1 Å². The van der Waals surface area contributed by atoms with Gasteiger partial charge in [0.25, 0.3) is 5.91 Å². The smallest absolute Gasteiger partial charge is 0.255 e. The first-order chi connectivity index (χ1) is 21.7. The summed E-state index contributed by atoms with van der Waals surface area (Å²) in [4.78, 5) is 31.0. The molecule has 1 heterocycles. The monoisotopic (exact) mass is 625 g/mol. The fourth-order valence-corrected chi connectivity index (χ4v) is 5.02. The lowest BCUT2D eigenvalue weighted by atomic mass is 10.1. The van der Waals surface area contributed by atoms with E-state index in [0.29, 0.717) is 75.3 Å². The standard InChI is InChI=1S/C33H32ClN7O4/c1-44-24-14-10-23(11-15-24)39-32(43)21-7-16-28-27(19-21)40-31(41(28)29(30(35)42)6-3-17-38-33(36)37)20-4-2-5-26(18-20)45-25-12-8-22(34)9-13-25/h2,4-5,7-16,18-19,29H,3,6,17H2,1H3,(H2,35,42)(H,39,43)(H4,36,37,38)/t29-/m0/s1. The Morgan fingerprint density at radius 3 is 2.38 bits per heavy atom. The Hall–Kier alpha value is -5.55. The lowest BCUT2D eigenvalue weighted by Gasteiger charge is -2.20. The molecule has 2 amide bonds. The predicted molar refractivity (Wildman–Crippen MR) is 175 cm³/mol. The van der Waals surface area contributed by atoms with Gasteiger partial charge in [-0.3, -0.25) is 15.0 Å². The Morgan fingerprint density at radius 2 is 1.69 bits per heavy atom. The summed E-state index contributed by atoms with van der Waals surface area (Å²) in [6.45, 7) is 0.390. The molecule has 5 rings (SSSR count). The van der Waals surface area contributed by atoms with E-state index >= 15 is 0 Å². The number of ether oxygens (including phenoxy) is 2. The lowest BCUT2D eigenvalue weighted by molar-refractivity contribution is -0.121. The largest absolute Gasteiger partial charge is 0.497 e. The third-order valence-electron chi connectivity index (χ3n) is 7.05. The second-order valence-corrected chi connectivity index (χ2v) is 10.6. The molecule has 0 aliphatic heterocycles. The molecule has 0 spiro atoms. The highest BCUT2D eigenvalue weighted by Crippen LogP contribution is 2.34. The van der Waals surface area contributed by atoms with Gasteiger partial charge in [0.1, 0.15) is 29.1 Å². The maximum Gasteiger partial charge on any atom is 0.255 e. The summed E-state index contributed by atoms with van der Waals surface area (Å²) < 4.78 is 13.0. The molecule has 0 unspecified atom stereocenters. The molecular weight excluding hydrogens is 594 g/mol. The van der Waals surface area contributed by atoms with Gasteiger partial charge in [0.15, 0.2) is 5.96 Å². The van der Waals surface area contributed by atoms with Gasteiger partial charge in [-0.1, -0.05) is 23.7 Å². The van der Waals surface area contributed by atoms with Crippen molar-refractivity contribution in [2.24, 2.45) is 11.5 Å². The van der Waals surface area contributed by atoms with Crippen molar-refractivity contribution in [2.45, 2.75) is 18.9 Å². The molecule has 5 aromatic rings. The van der Waals surface area contributed by atoms with Gasteiger partial charge in [0.05, 0.1) is 18.1 Å². The molecular formula is C33H32ClN7O4. The number of primary amides is 1. The number of hydrogen-bond acceptors (Lipinski definition) is 6. The predicted octanol–water partition coefficient (Wildman–Crippen LogP) is 5.70. The van der Waals surface area contributed by atoms with E-state index in [2.05, 4.69) is 10.6 Å². The molecule has 230 valence electrons. The molecule has 12 heteroatoms. The number of nitrogens with two attached hydrogens (primary N) is 2. The normalized spacial score (nSPS) is 11.5. The highest BCUT2D eigenvalue weighted by atomic mass is 35.5. The number of carbonyl (C=O) groups is 2. The van der Waals surface area contributed by atoms with Gasteiger partial charge in [-0.2, -0.15) is 0 Å². The Kier molecular flexibility index (Phi) is 9.49. The molecule has 0 aliphatic carbocycles. The number of guanidine groups is 1. The Bertz CT molecular complexity index is 1840. The Labute approximate surface area is 264 Å². The third kappa shape index (κ3) is 7.51. The maximum absolute atomic E-state index is 13.2. The van der Waals surface area contributed by atoms with Gasteiger partial charge in [0, 0.05) is 28.4 Å². The zero-order valence-electron chi connectivity index (χ0n) is 24.4. The van der Waals surface area contributed by atoms with Gasteiger partial charge >= 0.3 is 0 Å². The van der Waals surface area contributed by atoms with Gasteiger partial charge in [-0.15, -0.1) is 0 Å². The second kappa shape index (κ2) is 13.8. The number of methoxy groups -OCH3 is 1. The molecule has 4 aromatic carbocycles. The van der Waals surface area contributed by atoms with Crippen molar-refractivity contribution in [3.05, 3.63) is 102 Å². The number of nitrogens with one attached hydrogen (secondary N) is 3. The highest BCUT2D eigenvalue weighted by molar-refractivity contribution is 6.30. The number of anilines is 1. The lowest BCUT2D eigenvalue weighted by Crippen LogP contribution is -2.32. The molecule has 1 atom stereocenters. The first-order valence-corrected chi connectivity index (χ1v) is 14.5. The molecule has 0 saturated carbocycles. The molecule has 0 bridgehead atoms. The number of imidazole rings is 1. The number of rotatable bonds is 12. The van der Waals surface area contributed by atoms with Crippen LogP contribution in [0.3, 0.4) is 0 Å². The minimum absolute atomic E-state index is 0.155. The van der Waals surface area contributed by atoms with Crippen molar-refractivity contribution in [1.82, 2.24) is 14.9 Å². The molecule has 0 aliphatic rings. The molecule has 45 heavy (non-hydrogen) atoms. The van der Waals surface area contributed by atoms with E-state index in [4.69, 9.17) is 42.9 Å². The van der Waals surface area contributed by atoms with Gasteiger partial charge in [0.2, 0.25) is 5.91 Å². The van der Waals surface area contributed by atoms with E-state index in [1.165, 1.54) is 0 Å². The van der Waals surface area contributed by atoms with Crippen LogP contribution in [0.5, 0.6) is 17.2 Å². The van der Waals surface area contributed by atoms with E-state index < -0.39 is 11.9 Å². The SMILES string of the molecule is COc1ccc(NC(=O)c2ccc3c(c2)nc(-c2cccc(Oc4ccc(Cl)cc4)c2)n3[C@@H](CCCNC(=N)N)C(N)=O)cc1. The van der Waals surface area contributed by atoms with Crippen molar-refractivity contribution in [3.8, 4) is 28.6 Å². The maximum atomic E-state index is 13.2. The number of amides is 2.